The van der Waals surface area contributed by atoms with Crippen LogP contribution in [0.4, 0.5) is 5.69 Å². The Hall–Kier alpha value is -2.66. The molecule has 0 bridgehead atoms. The van der Waals surface area contributed by atoms with Gasteiger partial charge in [-0.05, 0) is 18.6 Å². The van der Waals surface area contributed by atoms with Crippen LogP contribution in [-0.4, -0.2) is 66.2 Å². The summed E-state index contributed by atoms with van der Waals surface area (Å²) in [6, 6.07) is 5.61. The van der Waals surface area contributed by atoms with Gasteiger partial charge in [0.1, 0.15) is 5.57 Å². The number of carbonyl (C=O) groups is 2. The van der Waals surface area contributed by atoms with Gasteiger partial charge in [0.15, 0.2) is 0 Å². The molecule has 0 aliphatic carbocycles. The number of nitro benzene ring substituents is 1. The third-order valence-corrected chi connectivity index (χ3v) is 4.08. The fraction of sp³-hybridized carbons (Fsp3) is 0.524. The smallest absolute Gasteiger partial charge is 0.342 e. The number of nitrogens with zero attached hydrogens (tertiary/aromatic N) is 1. The lowest BCUT2D eigenvalue weighted by Gasteiger charge is -2.18. The van der Waals surface area contributed by atoms with Crippen LogP contribution in [-0.2, 0) is 23.8 Å². The third-order valence-electron chi connectivity index (χ3n) is 4.08. The summed E-state index contributed by atoms with van der Waals surface area (Å²) in [6.45, 7) is 0.797. The van der Waals surface area contributed by atoms with Crippen molar-refractivity contribution in [2.45, 2.75) is 38.9 Å². The number of rotatable bonds is 16. The number of esters is 1. The Morgan fingerprint density at radius 3 is 2.29 bits per heavy atom. The number of aliphatic hydroxyl groups is 2. The van der Waals surface area contributed by atoms with E-state index in [1.165, 1.54) is 24.3 Å². The van der Waals surface area contributed by atoms with E-state index in [0.29, 0.717) is 6.42 Å². The van der Waals surface area contributed by atoms with Crippen molar-refractivity contribution >= 4 is 23.5 Å². The zero-order chi connectivity index (χ0) is 23.1. The lowest BCUT2D eigenvalue weighted by molar-refractivity contribution is -0.385. The van der Waals surface area contributed by atoms with Crippen LogP contribution < -0.4 is 0 Å². The van der Waals surface area contributed by atoms with E-state index in [2.05, 4.69) is 0 Å². The van der Waals surface area contributed by atoms with Crippen molar-refractivity contribution in [2.75, 3.05) is 33.0 Å². The van der Waals surface area contributed by atoms with Crippen LogP contribution in [0.15, 0.2) is 29.8 Å². The molecular weight excluding hydrogens is 410 g/mol. The molecule has 1 aromatic carbocycles. The van der Waals surface area contributed by atoms with Crippen molar-refractivity contribution in [3.63, 3.8) is 0 Å². The molecule has 2 N–H and O–H groups in total. The van der Waals surface area contributed by atoms with Gasteiger partial charge >= 0.3 is 5.97 Å². The van der Waals surface area contributed by atoms with Gasteiger partial charge in [0.25, 0.3) is 5.69 Å². The minimum atomic E-state index is -1.60. The van der Waals surface area contributed by atoms with Crippen LogP contribution in [0.5, 0.6) is 0 Å². The zero-order valence-electron chi connectivity index (χ0n) is 17.5. The van der Waals surface area contributed by atoms with Crippen LogP contribution in [0.25, 0.3) is 6.08 Å². The number of ether oxygens (including phenoxy) is 3. The Labute approximate surface area is 180 Å². The van der Waals surface area contributed by atoms with E-state index in [4.69, 9.17) is 24.4 Å². The SMILES string of the molecule is CCCCCCOC(=O)C(=Cc1ccccc1[N+](=O)[O-])C(=O)C(OCCO)OCCO. The average molecular weight is 439 g/mol. The van der Waals surface area contributed by atoms with Crippen LogP contribution in [0.3, 0.4) is 0 Å². The van der Waals surface area contributed by atoms with Gasteiger partial charge in [-0.3, -0.25) is 14.9 Å². The summed E-state index contributed by atoms with van der Waals surface area (Å²) in [5.74, 6) is -1.90. The first-order chi connectivity index (χ1) is 15.0. The minimum Gasteiger partial charge on any atom is -0.462 e. The highest BCUT2D eigenvalue weighted by atomic mass is 16.7. The van der Waals surface area contributed by atoms with E-state index in [0.717, 1.165) is 25.3 Å². The highest BCUT2D eigenvalue weighted by Crippen LogP contribution is 2.22. The maximum Gasteiger partial charge on any atom is 0.342 e. The molecule has 1 rings (SSSR count). The molecule has 0 atom stereocenters. The van der Waals surface area contributed by atoms with Gasteiger partial charge in [0.05, 0.1) is 43.5 Å². The van der Waals surface area contributed by atoms with Gasteiger partial charge in [0, 0.05) is 6.07 Å². The molecule has 0 heterocycles. The lowest BCUT2D eigenvalue weighted by Crippen LogP contribution is -2.33. The van der Waals surface area contributed by atoms with Crippen molar-refractivity contribution in [1.29, 1.82) is 0 Å². The highest BCUT2D eigenvalue weighted by Gasteiger charge is 2.30. The zero-order valence-corrected chi connectivity index (χ0v) is 17.5. The van der Waals surface area contributed by atoms with Crippen LogP contribution in [0.2, 0.25) is 0 Å². The van der Waals surface area contributed by atoms with Crippen molar-refractivity contribution in [3.05, 3.63) is 45.5 Å². The lowest BCUT2D eigenvalue weighted by atomic mass is 10.1. The van der Waals surface area contributed by atoms with Gasteiger partial charge in [-0.1, -0.05) is 38.3 Å². The van der Waals surface area contributed by atoms with Crippen LogP contribution in [0, 0.1) is 10.1 Å². The second kappa shape index (κ2) is 15.2. The second-order valence-corrected chi connectivity index (χ2v) is 6.46. The number of hydrogen-bond donors (Lipinski definition) is 2. The molecule has 0 spiro atoms. The molecule has 10 heteroatoms. The summed E-state index contributed by atoms with van der Waals surface area (Å²) < 4.78 is 15.5. The van der Waals surface area contributed by atoms with E-state index in [1.54, 1.807) is 0 Å². The molecule has 10 nitrogen and oxygen atoms in total. The fourth-order valence-electron chi connectivity index (χ4n) is 2.58. The number of benzene rings is 1. The first-order valence-corrected chi connectivity index (χ1v) is 10.1. The summed E-state index contributed by atoms with van der Waals surface area (Å²) in [7, 11) is 0. The second-order valence-electron chi connectivity index (χ2n) is 6.46. The molecular formula is C21H29NO9. The number of nitro groups is 1. The van der Waals surface area contributed by atoms with Crippen molar-refractivity contribution in [1.82, 2.24) is 0 Å². The predicted molar refractivity (Wildman–Crippen MR) is 111 cm³/mol. The monoisotopic (exact) mass is 439 g/mol. The van der Waals surface area contributed by atoms with Crippen molar-refractivity contribution in [2.24, 2.45) is 0 Å². The Kier molecular flexibility index (Phi) is 12.9. The molecule has 0 aromatic heterocycles. The molecule has 0 amide bonds. The molecule has 0 saturated carbocycles. The molecule has 31 heavy (non-hydrogen) atoms. The van der Waals surface area contributed by atoms with Crippen LogP contribution >= 0.6 is 0 Å². The third kappa shape index (κ3) is 9.35. The molecule has 0 saturated heterocycles. The average Bonchev–Trinajstić information content (AvgIpc) is 2.77. The first-order valence-electron chi connectivity index (χ1n) is 10.1. The van der Waals surface area contributed by atoms with Crippen molar-refractivity contribution in [3.8, 4) is 0 Å². The van der Waals surface area contributed by atoms with Gasteiger partial charge in [-0.25, -0.2) is 4.79 Å². The molecule has 0 fully saturated rings. The van der Waals surface area contributed by atoms with Gasteiger partial charge < -0.3 is 24.4 Å². The Bertz CT molecular complexity index is 740. The Balaban J connectivity index is 3.21. The Morgan fingerprint density at radius 2 is 1.71 bits per heavy atom. The Morgan fingerprint density at radius 1 is 1.06 bits per heavy atom. The maximum absolute atomic E-state index is 13.0. The topological polar surface area (TPSA) is 145 Å². The van der Waals surface area contributed by atoms with Crippen LogP contribution in [0.1, 0.15) is 38.2 Å². The number of carbonyl (C=O) groups excluding carboxylic acids is 2. The molecule has 0 aliphatic rings. The largest absolute Gasteiger partial charge is 0.462 e. The van der Waals surface area contributed by atoms with Crippen molar-refractivity contribution < 1.29 is 38.9 Å². The summed E-state index contributed by atoms with van der Waals surface area (Å²) >= 11 is 0. The number of unbranched alkanes of at least 4 members (excludes halogenated alkanes) is 3. The summed E-state index contributed by atoms with van der Waals surface area (Å²) in [4.78, 5) is 36.3. The molecule has 0 unspecified atom stereocenters. The van der Waals surface area contributed by atoms with E-state index in [1.807, 2.05) is 6.92 Å². The fourth-order valence-corrected chi connectivity index (χ4v) is 2.58. The number of para-hydroxylation sites is 1. The van der Waals surface area contributed by atoms with Gasteiger partial charge in [-0.2, -0.15) is 0 Å². The summed E-state index contributed by atoms with van der Waals surface area (Å²) in [6.07, 6.45) is 2.90. The molecule has 0 radical (unpaired) electrons. The number of aliphatic hydroxyl groups excluding tert-OH is 2. The van der Waals surface area contributed by atoms with E-state index < -0.39 is 41.8 Å². The predicted octanol–water partition coefficient (Wildman–Crippen LogP) is 2.01. The minimum absolute atomic E-state index is 0.0295. The first kappa shape index (κ1) is 26.4. The number of Topliss-reactive ketones (excluding diaryl/α,β-unsaturated/α-hetero) is 1. The quantitative estimate of drug-likeness (QED) is 0.0577. The van der Waals surface area contributed by atoms with Gasteiger partial charge in [-0.15, -0.1) is 0 Å². The maximum atomic E-state index is 13.0. The standard InChI is InChI=1S/C21H29NO9/c1-2-3-4-7-12-29-20(26)17(15-16-8-5-6-9-18(16)22(27)28)19(25)21(30-13-10-23)31-14-11-24/h5-6,8-9,15,21,23-24H,2-4,7,10-14H2,1H3. The number of ketones is 1. The molecule has 0 aliphatic heterocycles. The van der Waals surface area contributed by atoms with E-state index >= 15 is 0 Å². The van der Waals surface area contributed by atoms with Gasteiger partial charge in [0.2, 0.25) is 12.1 Å². The summed E-state index contributed by atoms with van der Waals surface area (Å²) in [5.41, 5.74) is -0.764. The number of hydrogen-bond acceptors (Lipinski definition) is 9. The highest BCUT2D eigenvalue weighted by molar-refractivity contribution is 6.22. The normalized spacial score (nSPS) is 11.5. The van der Waals surface area contributed by atoms with E-state index in [-0.39, 0.29) is 31.1 Å². The van der Waals surface area contributed by atoms with E-state index in [9.17, 15) is 19.7 Å². The summed E-state index contributed by atoms with van der Waals surface area (Å²) in [5, 5.41) is 29.2. The molecule has 1 aromatic rings. The molecule has 172 valence electrons.